The summed E-state index contributed by atoms with van der Waals surface area (Å²) < 4.78 is 0. The molecule has 5 nitrogen and oxygen atoms in total. The average Bonchev–Trinajstić information content (AvgIpc) is 2.77. The summed E-state index contributed by atoms with van der Waals surface area (Å²) in [5, 5.41) is 5.97. The first kappa shape index (κ1) is 23.6. The fraction of sp³-hybridized carbons (Fsp3) is 0.407. The average molecular weight is 464 g/mol. The molecular weight excluding hydrogens is 430 g/mol. The molecule has 4 rings (SSSR count). The molecule has 1 saturated heterocycles. The standard InChI is InChI=1S/C27H33N3O2S/c1-18-5-7-21(8-6-18)14-25-27(32)29-23-15-22(9-10-24(23)33-25)26(31)28-11-4-12-30-16-19(2)13-20(3)17-30/h5-10,14-15,19-20H,4,11-13,16-17H2,1-3H3,(H,28,31)(H,29,32)/b25-14+. The maximum Gasteiger partial charge on any atom is 0.262 e. The summed E-state index contributed by atoms with van der Waals surface area (Å²) in [6, 6.07) is 13.6. The van der Waals surface area contributed by atoms with Crippen molar-refractivity contribution in [3.8, 4) is 0 Å². The van der Waals surface area contributed by atoms with E-state index >= 15 is 0 Å². The van der Waals surface area contributed by atoms with E-state index in [1.165, 1.54) is 23.7 Å². The monoisotopic (exact) mass is 463 g/mol. The largest absolute Gasteiger partial charge is 0.352 e. The fourth-order valence-electron chi connectivity index (χ4n) is 4.70. The summed E-state index contributed by atoms with van der Waals surface area (Å²) in [7, 11) is 0. The van der Waals surface area contributed by atoms with Gasteiger partial charge in [-0.1, -0.05) is 55.4 Å². The number of aryl methyl sites for hydroxylation is 1. The molecule has 0 aliphatic carbocycles. The lowest BCUT2D eigenvalue weighted by Crippen LogP contribution is -2.40. The van der Waals surface area contributed by atoms with Crippen molar-refractivity contribution in [2.24, 2.45) is 11.8 Å². The van der Waals surface area contributed by atoms with Crippen LogP contribution in [0.2, 0.25) is 0 Å². The van der Waals surface area contributed by atoms with Crippen LogP contribution in [0.3, 0.4) is 0 Å². The van der Waals surface area contributed by atoms with Crippen LogP contribution in [0.4, 0.5) is 5.69 Å². The molecule has 2 unspecified atom stereocenters. The third-order valence-corrected chi connectivity index (χ3v) is 7.29. The Kier molecular flexibility index (Phi) is 7.56. The highest BCUT2D eigenvalue weighted by atomic mass is 32.2. The van der Waals surface area contributed by atoms with E-state index in [2.05, 4.69) is 29.4 Å². The number of thioether (sulfide) groups is 1. The van der Waals surface area contributed by atoms with Gasteiger partial charge in [0.25, 0.3) is 11.8 Å². The van der Waals surface area contributed by atoms with Crippen molar-refractivity contribution in [3.05, 3.63) is 64.1 Å². The van der Waals surface area contributed by atoms with Crippen LogP contribution in [0.25, 0.3) is 6.08 Å². The summed E-state index contributed by atoms with van der Waals surface area (Å²) in [6.45, 7) is 10.7. The fourth-order valence-corrected chi connectivity index (χ4v) is 5.63. The van der Waals surface area contributed by atoms with Gasteiger partial charge >= 0.3 is 0 Å². The molecule has 2 aromatic rings. The molecule has 2 atom stereocenters. The zero-order chi connectivity index (χ0) is 23.4. The number of amides is 2. The topological polar surface area (TPSA) is 61.4 Å². The molecule has 2 aliphatic heterocycles. The lowest BCUT2D eigenvalue weighted by atomic mass is 9.92. The minimum absolute atomic E-state index is 0.0987. The molecule has 0 spiro atoms. The van der Waals surface area contributed by atoms with Crippen LogP contribution >= 0.6 is 11.8 Å². The molecule has 33 heavy (non-hydrogen) atoms. The second-order valence-electron chi connectivity index (χ2n) is 9.50. The van der Waals surface area contributed by atoms with E-state index in [-0.39, 0.29) is 11.8 Å². The van der Waals surface area contributed by atoms with Crippen LogP contribution in [0.15, 0.2) is 52.3 Å². The first-order chi connectivity index (χ1) is 15.9. The van der Waals surface area contributed by atoms with E-state index in [9.17, 15) is 9.59 Å². The van der Waals surface area contributed by atoms with E-state index in [4.69, 9.17) is 0 Å². The number of hydrogen-bond donors (Lipinski definition) is 2. The van der Waals surface area contributed by atoms with Crippen LogP contribution in [-0.4, -0.2) is 42.9 Å². The van der Waals surface area contributed by atoms with Gasteiger partial charge < -0.3 is 15.5 Å². The number of fused-ring (bicyclic) bond motifs is 1. The number of carbonyl (C=O) groups is 2. The predicted octanol–water partition coefficient (Wildman–Crippen LogP) is 5.18. The zero-order valence-corrected chi connectivity index (χ0v) is 20.5. The summed E-state index contributed by atoms with van der Waals surface area (Å²) in [4.78, 5) is 29.4. The predicted molar refractivity (Wildman–Crippen MR) is 136 cm³/mol. The Morgan fingerprint density at radius 2 is 1.88 bits per heavy atom. The number of rotatable bonds is 6. The minimum atomic E-state index is -0.143. The molecule has 2 aromatic carbocycles. The summed E-state index contributed by atoms with van der Waals surface area (Å²) in [5.74, 6) is 1.26. The molecule has 1 fully saturated rings. The van der Waals surface area contributed by atoms with Gasteiger partial charge in [-0.15, -0.1) is 0 Å². The van der Waals surface area contributed by atoms with Gasteiger partial charge in [0.1, 0.15) is 0 Å². The first-order valence-electron chi connectivity index (χ1n) is 11.8. The number of benzene rings is 2. The van der Waals surface area contributed by atoms with Crippen LogP contribution in [0.1, 0.15) is 48.2 Å². The molecule has 2 N–H and O–H groups in total. The van der Waals surface area contributed by atoms with E-state index in [1.54, 1.807) is 6.07 Å². The van der Waals surface area contributed by atoms with Crippen LogP contribution < -0.4 is 10.6 Å². The zero-order valence-electron chi connectivity index (χ0n) is 19.7. The summed E-state index contributed by atoms with van der Waals surface area (Å²) in [5.41, 5.74) is 3.44. The SMILES string of the molecule is Cc1ccc(/C=C2/Sc3ccc(C(=O)NCCCN4CC(C)CC(C)C4)cc3NC2=O)cc1. The van der Waals surface area contributed by atoms with Gasteiger partial charge in [0.05, 0.1) is 10.6 Å². The van der Waals surface area contributed by atoms with E-state index in [0.717, 1.165) is 48.3 Å². The van der Waals surface area contributed by atoms with Gasteiger partial charge in [-0.2, -0.15) is 0 Å². The van der Waals surface area contributed by atoms with Gasteiger partial charge in [-0.3, -0.25) is 9.59 Å². The molecule has 6 heteroatoms. The van der Waals surface area contributed by atoms with Crippen molar-refractivity contribution in [1.82, 2.24) is 10.2 Å². The second kappa shape index (κ2) is 10.6. The summed E-state index contributed by atoms with van der Waals surface area (Å²) in [6.07, 6.45) is 4.15. The maximum atomic E-state index is 12.6. The van der Waals surface area contributed by atoms with E-state index in [1.807, 2.05) is 49.4 Å². The van der Waals surface area contributed by atoms with Crippen molar-refractivity contribution in [3.63, 3.8) is 0 Å². The highest BCUT2D eigenvalue weighted by molar-refractivity contribution is 8.04. The number of piperidine rings is 1. The molecule has 2 amide bonds. The van der Waals surface area contributed by atoms with Gasteiger partial charge in [0.15, 0.2) is 0 Å². The van der Waals surface area contributed by atoms with E-state index < -0.39 is 0 Å². The van der Waals surface area contributed by atoms with Crippen LogP contribution in [0.5, 0.6) is 0 Å². The summed E-state index contributed by atoms with van der Waals surface area (Å²) >= 11 is 1.43. The number of nitrogens with zero attached hydrogens (tertiary/aromatic N) is 1. The molecule has 0 bridgehead atoms. The van der Waals surface area contributed by atoms with Crippen LogP contribution in [0, 0.1) is 18.8 Å². The lowest BCUT2D eigenvalue weighted by molar-refractivity contribution is -0.112. The number of carbonyl (C=O) groups excluding carboxylic acids is 2. The van der Waals surface area contributed by atoms with E-state index in [0.29, 0.717) is 22.7 Å². The molecule has 2 heterocycles. The Morgan fingerprint density at radius 3 is 2.61 bits per heavy atom. The molecule has 0 saturated carbocycles. The molecule has 174 valence electrons. The van der Waals surface area contributed by atoms with Gasteiger partial charge in [0, 0.05) is 30.1 Å². The Bertz CT molecular complexity index is 1040. The highest BCUT2D eigenvalue weighted by Gasteiger charge is 2.23. The molecule has 0 aromatic heterocycles. The van der Waals surface area contributed by atoms with Crippen LogP contribution in [-0.2, 0) is 4.79 Å². The quantitative estimate of drug-likeness (QED) is 0.458. The number of anilines is 1. The lowest BCUT2D eigenvalue weighted by Gasteiger charge is -2.34. The third kappa shape index (κ3) is 6.27. The number of likely N-dealkylation sites (tertiary alicyclic amines) is 1. The maximum absolute atomic E-state index is 12.6. The van der Waals surface area contributed by atoms with Crippen molar-refractivity contribution < 1.29 is 9.59 Å². The normalized spacial score (nSPS) is 22.0. The Hall–Kier alpha value is -2.57. The van der Waals surface area contributed by atoms with Crippen molar-refractivity contribution in [2.75, 3.05) is 31.5 Å². The number of nitrogens with one attached hydrogen (secondary N) is 2. The van der Waals surface area contributed by atoms with Gasteiger partial charge in [-0.25, -0.2) is 0 Å². The Balaban J connectivity index is 1.32. The molecule has 2 aliphatic rings. The molecule has 0 radical (unpaired) electrons. The number of hydrogen-bond acceptors (Lipinski definition) is 4. The van der Waals surface area contributed by atoms with Gasteiger partial charge in [-0.05, 0) is 68.0 Å². The second-order valence-corrected chi connectivity index (χ2v) is 10.6. The minimum Gasteiger partial charge on any atom is -0.352 e. The first-order valence-corrected chi connectivity index (χ1v) is 12.6. The van der Waals surface area contributed by atoms with Gasteiger partial charge in [0.2, 0.25) is 0 Å². The Morgan fingerprint density at radius 1 is 1.15 bits per heavy atom. The highest BCUT2D eigenvalue weighted by Crippen LogP contribution is 2.39. The smallest absolute Gasteiger partial charge is 0.262 e. The van der Waals surface area contributed by atoms with Crippen molar-refractivity contribution >= 4 is 35.3 Å². The van der Waals surface area contributed by atoms with Crippen molar-refractivity contribution in [2.45, 2.75) is 38.5 Å². The Labute approximate surface area is 201 Å². The third-order valence-electron chi connectivity index (χ3n) is 6.19. The molecular formula is C27H33N3O2S. The van der Waals surface area contributed by atoms with Crippen molar-refractivity contribution in [1.29, 1.82) is 0 Å².